The molecule has 0 saturated carbocycles. The van der Waals surface area contributed by atoms with Crippen LogP contribution in [0.5, 0.6) is 0 Å². The molecule has 0 aromatic carbocycles. The highest BCUT2D eigenvalue weighted by atomic mass is 79.9. The molecule has 0 spiro atoms. The second kappa shape index (κ2) is 6.99. The van der Waals surface area contributed by atoms with Crippen molar-refractivity contribution in [3.8, 4) is 0 Å². The summed E-state index contributed by atoms with van der Waals surface area (Å²) in [5, 5.41) is 6.53. The van der Waals surface area contributed by atoms with Crippen LogP contribution in [-0.2, 0) is 6.54 Å². The Morgan fingerprint density at radius 1 is 1.42 bits per heavy atom. The Balaban J connectivity index is 2.14. The normalized spacial score (nSPS) is 14.8. The monoisotopic (exact) mass is 358 g/mol. The number of likely N-dealkylation sites (N-methyl/N-ethyl adjacent to an activating group) is 1. The fourth-order valence-electron chi connectivity index (χ4n) is 2.31. The highest BCUT2D eigenvalue weighted by Crippen LogP contribution is 2.29. The second-order valence-corrected chi connectivity index (χ2v) is 7.82. The molecule has 0 amide bonds. The Morgan fingerprint density at radius 2 is 2.21 bits per heavy atom. The van der Waals surface area contributed by atoms with E-state index in [2.05, 4.69) is 63.1 Å². The van der Waals surface area contributed by atoms with E-state index in [0.29, 0.717) is 0 Å². The Morgan fingerprint density at radius 3 is 2.74 bits per heavy atom. The highest BCUT2D eigenvalue weighted by molar-refractivity contribution is 9.11. The Hall–Kier alpha value is -0.200. The van der Waals surface area contributed by atoms with Crippen molar-refractivity contribution in [1.82, 2.24) is 4.90 Å². The summed E-state index contributed by atoms with van der Waals surface area (Å²) in [7, 11) is 2.16. The smallest absolute Gasteiger partial charge is 0.0701 e. The molecule has 0 aliphatic rings. The summed E-state index contributed by atoms with van der Waals surface area (Å²) in [6.45, 7) is 3.08. The van der Waals surface area contributed by atoms with E-state index in [9.17, 15) is 0 Å². The van der Waals surface area contributed by atoms with Crippen molar-refractivity contribution < 1.29 is 0 Å². The lowest BCUT2D eigenvalue weighted by Gasteiger charge is -2.31. The van der Waals surface area contributed by atoms with Crippen LogP contribution in [0.4, 0.5) is 0 Å². The van der Waals surface area contributed by atoms with Gasteiger partial charge in [0.05, 0.1) is 9.83 Å². The van der Waals surface area contributed by atoms with E-state index >= 15 is 0 Å². The van der Waals surface area contributed by atoms with Crippen LogP contribution in [0.1, 0.15) is 30.5 Å². The highest BCUT2D eigenvalue weighted by Gasteiger charge is 2.23. The third kappa shape index (κ3) is 3.89. The van der Waals surface area contributed by atoms with Crippen molar-refractivity contribution in [2.45, 2.75) is 32.0 Å². The first kappa shape index (κ1) is 15.2. The molecule has 2 atom stereocenters. The molecule has 0 aliphatic carbocycles. The first-order valence-corrected chi connectivity index (χ1v) is 8.94. The number of rotatable bonds is 6. The Labute approximate surface area is 131 Å². The molecule has 2 heterocycles. The molecule has 0 radical (unpaired) electrons. The van der Waals surface area contributed by atoms with E-state index in [4.69, 9.17) is 5.73 Å². The SMILES string of the molecule is CCC(N)C(c1ccsc1)N(C)Cc1csc(Br)c1. The zero-order valence-electron chi connectivity index (χ0n) is 11.2. The molecule has 2 N–H and O–H groups in total. The second-order valence-electron chi connectivity index (χ2n) is 4.75. The van der Waals surface area contributed by atoms with E-state index in [1.165, 1.54) is 14.9 Å². The van der Waals surface area contributed by atoms with Crippen molar-refractivity contribution in [1.29, 1.82) is 0 Å². The van der Waals surface area contributed by atoms with Gasteiger partial charge < -0.3 is 5.73 Å². The quantitative estimate of drug-likeness (QED) is 0.824. The molecule has 2 rings (SSSR count). The predicted octanol–water partition coefficient (Wildman–Crippen LogP) is 4.48. The van der Waals surface area contributed by atoms with Crippen LogP contribution < -0.4 is 5.73 Å². The number of hydrogen-bond acceptors (Lipinski definition) is 4. The first-order valence-electron chi connectivity index (χ1n) is 6.32. The van der Waals surface area contributed by atoms with Crippen molar-refractivity contribution in [2.24, 2.45) is 5.73 Å². The summed E-state index contributed by atoms with van der Waals surface area (Å²) in [5.41, 5.74) is 8.99. The maximum Gasteiger partial charge on any atom is 0.0701 e. The third-order valence-corrected chi connectivity index (χ3v) is 5.55. The van der Waals surface area contributed by atoms with Gasteiger partial charge in [-0.25, -0.2) is 0 Å². The topological polar surface area (TPSA) is 29.3 Å². The van der Waals surface area contributed by atoms with Crippen molar-refractivity contribution in [2.75, 3.05) is 7.05 Å². The van der Waals surface area contributed by atoms with Gasteiger partial charge >= 0.3 is 0 Å². The van der Waals surface area contributed by atoms with E-state index in [0.717, 1.165) is 13.0 Å². The maximum atomic E-state index is 6.32. The Bertz CT molecular complexity index is 495. The van der Waals surface area contributed by atoms with Crippen LogP contribution >= 0.6 is 38.6 Å². The molecule has 5 heteroatoms. The van der Waals surface area contributed by atoms with Gasteiger partial charge in [-0.2, -0.15) is 11.3 Å². The van der Waals surface area contributed by atoms with Gasteiger partial charge in [0.15, 0.2) is 0 Å². The summed E-state index contributed by atoms with van der Waals surface area (Å²) in [4.78, 5) is 2.35. The zero-order valence-corrected chi connectivity index (χ0v) is 14.4. The molecule has 0 aliphatic heterocycles. The molecule has 2 nitrogen and oxygen atoms in total. The van der Waals surface area contributed by atoms with E-state index in [1.54, 1.807) is 22.7 Å². The van der Waals surface area contributed by atoms with Crippen molar-refractivity contribution in [3.05, 3.63) is 43.2 Å². The average molecular weight is 359 g/mol. The molecule has 104 valence electrons. The standard InChI is InChI=1S/C14H19BrN2S2/c1-3-12(16)14(11-4-5-18-9-11)17(2)7-10-6-13(15)19-8-10/h4-6,8-9,12,14H,3,7,16H2,1-2H3. The average Bonchev–Trinajstić information content (AvgIpc) is 3.01. The third-order valence-electron chi connectivity index (χ3n) is 3.29. The van der Waals surface area contributed by atoms with Crippen LogP contribution in [0, 0.1) is 0 Å². The molecule has 0 saturated heterocycles. The number of thiophene rings is 2. The molecular formula is C14H19BrN2S2. The Kier molecular flexibility index (Phi) is 5.59. The minimum Gasteiger partial charge on any atom is -0.326 e. The minimum absolute atomic E-state index is 0.168. The van der Waals surface area contributed by atoms with Crippen LogP contribution in [0.3, 0.4) is 0 Å². The number of nitrogens with zero attached hydrogens (tertiary/aromatic N) is 1. The van der Waals surface area contributed by atoms with E-state index in [1.807, 2.05) is 0 Å². The van der Waals surface area contributed by atoms with Gasteiger partial charge in [-0.05, 0) is 68.8 Å². The lowest BCUT2D eigenvalue weighted by atomic mass is 9.99. The number of nitrogens with two attached hydrogens (primary N) is 1. The summed E-state index contributed by atoms with van der Waals surface area (Å²) >= 11 is 6.98. The lowest BCUT2D eigenvalue weighted by molar-refractivity contribution is 0.202. The first-order chi connectivity index (χ1) is 9.11. The molecular weight excluding hydrogens is 340 g/mol. The van der Waals surface area contributed by atoms with Gasteiger partial charge in [0, 0.05) is 12.6 Å². The molecule has 0 fully saturated rings. The minimum atomic E-state index is 0.168. The summed E-state index contributed by atoms with van der Waals surface area (Å²) in [5.74, 6) is 0. The van der Waals surface area contributed by atoms with E-state index in [-0.39, 0.29) is 12.1 Å². The van der Waals surface area contributed by atoms with Crippen LogP contribution in [0.25, 0.3) is 0 Å². The molecule has 2 aromatic heterocycles. The summed E-state index contributed by atoms with van der Waals surface area (Å²) in [6.07, 6.45) is 0.984. The molecule has 19 heavy (non-hydrogen) atoms. The van der Waals surface area contributed by atoms with Gasteiger partial charge in [0.25, 0.3) is 0 Å². The summed E-state index contributed by atoms with van der Waals surface area (Å²) in [6, 6.07) is 4.82. The zero-order chi connectivity index (χ0) is 13.8. The number of hydrogen-bond donors (Lipinski definition) is 1. The molecule has 2 unspecified atom stereocenters. The predicted molar refractivity (Wildman–Crippen MR) is 88.8 cm³/mol. The fraction of sp³-hybridized carbons (Fsp3) is 0.429. The summed E-state index contributed by atoms with van der Waals surface area (Å²) < 4.78 is 1.18. The van der Waals surface area contributed by atoms with Gasteiger partial charge in [0.2, 0.25) is 0 Å². The van der Waals surface area contributed by atoms with Crippen LogP contribution in [0.15, 0.2) is 32.1 Å². The molecule has 0 bridgehead atoms. The lowest BCUT2D eigenvalue weighted by Crippen LogP contribution is -2.38. The van der Waals surface area contributed by atoms with Crippen molar-refractivity contribution >= 4 is 38.6 Å². The van der Waals surface area contributed by atoms with Crippen molar-refractivity contribution in [3.63, 3.8) is 0 Å². The number of halogens is 1. The maximum absolute atomic E-state index is 6.32. The van der Waals surface area contributed by atoms with Gasteiger partial charge in [0.1, 0.15) is 0 Å². The van der Waals surface area contributed by atoms with Gasteiger partial charge in [-0.3, -0.25) is 4.90 Å². The largest absolute Gasteiger partial charge is 0.326 e. The van der Waals surface area contributed by atoms with Gasteiger partial charge in [-0.15, -0.1) is 11.3 Å². The van der Waals surface area contributed by atoms with E-state index < -0.39 is 0 Å². The van der Waals surface area contributed by atoms with Crippen LogP contribution in [0.2, 0.25) is 0 Å². The van der Waals surface area contributed by atoms with Gasteiger partial charge in [-0.1, -0.05) is 6.92 Å². The fourth-order valence-corrected chi connectivity index (χ4v) is 4.20. The molecule has 2 aromatic rings. The van der Waals surface area contributed by atoms with Crippen LogP contribution in [-0.4, -0.2) is 18.0 Å².